The number of carbonyl (C=O) groups excluding carboxylic acids is 2. The van der Waals surface area contributed by atoms with Gasteiger partial charge in [0.05, 0.1) is 23.7 Å². The van der Waals surface area contributed by atoms with Crippen molar-refractivity contribution in [1.29, 1.82) is 0 Å². The quantitative estimate of drug-likeness (QED) is 0.643. The molecule has 0 radical (unpaired) electrons. The van der Waals surface area contributed by atoms with E-state index in [0.29, 0.717) is 22.3 Å². The van der Waals surface area contributed by atoms with Gasteiger partial charge in [0.25, 0.3) is 0 Å². The Hall–Kier alpha value is -2.48. The molecule has 182 valence electrons. The zero-order valence-corrected chi connectivity index (χ0v) is 20.8. The Morgan fingerprint density at radius 2 is 1.71 bits per heavy atom. The van der Waals surface area contributed by atoms with Crippen molar-refractivity contribution < 1.29 is 14.3 Å². The van der Waals surface area contributed by atoms with E-state index >= 15 is 0 Å². The van der Waals surface area contributed by atoms with Gasteiger partial charge in [-0.25, -0.2) is 0 Å². The molecule has 9 heteroatoms. The van der Waals surface area contributed by atoms with Crippen molar-refractivity contribution in [3.8, 4) is 5.75 Å². The first-order chi connectivity index (χ1) is 16.4. The predicted molar refractivity (Wildman–Crippen MR) is 136 cm³/mol. The molecule has 0 atom stereocenters. The van der Waals surface area contributed by atoms with Gasteiger partial charge in [0.2, 0.25) is 11.8 Å². The fraction of sp³-hybridized carbons (Fsp3) is 0.440. The van der Waals surface area contributed by atoms with Crippen molar-refractivity contribution in [3.63, 3.8) is 0 Å². The molecule has 2 saturated heterocycles. The summed E-state index contributed by atoms with van der Waals surface area (Å²) in [5.74, 6) is 1.01. The van der Waals surface area contributed by atoms with E-state index in [0.717, 1.165) is 63.5 Å². The van der Waals surface area contributed by atoms with Crippen LogP contribution in [0.5, 0.6) is 5.75 Å². The summed E-state index contributed by atoms with van der Waals surface area (Å²) in [6.45, 7) is 4.83. The predicted octanol–water partition coefficient (Wildman–Crippen LogP) is 4.00. The van der Waals surface area contributed by atoms with Crippen LogP contribution in [0, 0.1) is 5.92 Å². The summed E-state index contributed by atoms with van der Waals surface area (Å²) in [7, 11) is 1.67. The van der Waals surface area contributed by atoms with Gasteiger partial charge in [0.1, 0.15) is 5.75 Å². The number of piperazine rings is 1. The SMILES string of the molecule is COc1cccc(N2CCN(C(=O)C3CCN(CC(=O)Nc4ccc(Cl)c(Cl)c4)CC3)CC2)c1. The second-order valence-corrected chi connectivity index (χ2v) is 9.56. The van der Waals surface area contributed by atoms with Crippen molar-refractivity contribution in [1.82, 2.24) is 9.80 Å². The topological polar surface area (TPSA) is 65.1 Å². The molecule has 0 bridgehead atoms. The molecule has 0 saturated carbocycles. The van der Waals surface area contributed by atoms with Gasteiger partial charge in [-0.1, -0.05) is 29.3 Å². The maximum atomic E-state index is 13.1. The summed E-state index contributed by atoms with van der Waals surface area (Å²) in [6, 6.07) is 13.1. The molecule has 7 nitrogen and oxygen atoms in total. The molecule has 0 spiro atoms. The lowest BCUT2D eigenvalue weighted by Crippen LogP contribution is -2.52. The Morgan fingerprint density at radius 3 is 2.38 bits per heavy atom. The van der Waals surface area contributed by atoms with Gasteiger partial charge in [0, 0.05) is 49.5 Å². The molecule has 2 heterocycles. The Bertz CT molecular complexity index is 1020. The molecule has 2 aromatic rings. The maximum absolute atomic E-state index is 13.1. The summed E-state index contributed by atoms with van der Waals surface area (Å²) < 4.78 is 5.33. The van der Waals surface area contributed by atoms with Crippen molar-refractivity contribution in [2.75, 3.05) is 63.1 Å². The van der Waals surface area contributed by atoms with Crippen LogP contribution in [0.3, 0.4) is 0 Å². The summed E-state index contributed by atoms with van der Waals surface area (Å²) in [4.78, 5) is 31.9. The van der Waals surface area contributed by atoms with Crippen molar-refractivity contribution in [3.05, 3.63) is 52.5 Å². The smallest absolute Gasteiger partial charge is 0.238 e. The van der Waals surface area contributed by atoms with Crippen LogP contribution in [-0.4, -0.2) is 74.5 Å². The van der Waals surface area contributed by atoms with Crippen LogP contribution in [0.4, 0.5) is 11.4 Å². The number of benzene rings is 2. The normalized spacial score (nSPS) is 17.5. The Balaban J connectivity index is 1.20. The van der Waals surface area contributed by atoms with E-state index < -0.39 is 0 Å². The number of methoxy groups -OCH3 is 1. The van der Waals surface area contributed by atoms with Crippen LogP contribution in [0.2, 0.25) is 10.0 Å². The average Bonchev–Trinajstić information content (AvgIpc) is 2.86. The van der Waals surface area contributed by atoms with E-state index in [9.17, 15) is 9.59 Å². The molecule has 2 fully saturated rings. The number of hydrogen-bond acceptors (Lipinski definition) is 5. The second kappa shape index (κ2) is 11.3. The highest BCUT2D eigenvalue weighted by atomic mass is 35.5. The molecule has 2 aromatic carbocycles. The number of hydrogen-bond donors (Lipinski definition) is 1. The first-order valence-corrected chi connectivity index (χ1v) is 12.3. The van der Waals surface area contributed by atoms with E-state index in [2.05, 4.69) is 21.2 Å². The van der Waals surface area contributed by atoms with Gasteiger partial charge in [-0.2, -0.15) is 0 Å². The highest BCUT2D eigenvalue weighted by Gasteiger charge is 2.31. The molecular formula is C25H30Cl2N4O3. The maximum Gasteiger partial charge on any atom is 0.238 e. The van der Waals surface area contributed by atoms with Crippen LogP contribution in [0.1, 0.15) is 12.8 Å². The third kappa shape index (κ3) is 6.14. The number of ether oxygens (including phenoxy) is 1. The van der Waals surface area contributed by atoms with Crippen molar-refractivity contribution in [2.45, 2.75) is 12.8 Å². The van der Waals surface area contributed by atoms with Gasteiger partial charge in [-0.15, -0.1) is 0 Å². The van der Waals surface area contributed by atoms with Gasteiger partial charge < -0.3 is 19.9 Å². The molecule has 4 rings (SSSR count). The highest BCUT2D eigenvalue weighted by molar-refractivity contribution is 6.42. The molecule has 2 amide bonds. The van der Waals surface area contributed by atoms with Crippen molar-refractivity contribution in [2.24, 2.45) is 5.92 Å². The van der Waals surface area contributed by atoms with E-state index in [-0.39, 0.29) is 17.7 Å². The number of halogens is 2. The minimum Gasteiger partial charge on any atom is -0.497 e. The molecule has 1 N–H and O–H groups in total. The standard InChI is InChI=1S/C25H30Cl2N4O3/c1-34-21-4-2-3-20(16-21)30-11-13-31(14-12-30)25(33)18-7-9-29(10-8-18)17-24(32)28-19-5-6-22(26)23(27)15-19/h2-6,15-16,18H,7-14,17H2,1H3,(H,28,32). The summed E-state index contributed by atoms with van der Waals surface area (Å²) in [6.07, 6.45) is 1.55. The number of rotatable bonds is 6. The fourth-order valence-corrected chi connectivity index (χ4v) is 4.86. The highest BCUT2D eigenvalue weighted by Crippen LogP contribution is 2.26. The lowest BCUT2D eigenvalue weighted by atomic mass is 9.95. The lowest BCUT2D eigenvalue weighted by Gasteiger charge is -2.39. The number of piperidine rings is 1. The van der Waals surface area contributed by atoms with Gasteiger partial charge >= 0.3 is 0 Å². The van der Waals surface area contributed by atoms with Crippen LogP contribution in [-0.2, 0) is 9.59 Å². The number of anilines is 2. The fourth-order valence-electron chi connectivity index (χ4n) is 4.57. The molecule has 2 aliphatic rings. The molecule has 34 heavy (non-hydrogen) atoms. The number of likely N-dealkylation sites (tertiary alicyclic amines) is 1. The van der Waals surface area contributed by atoms with E-state index in [1.807, 2.05) is 23.1 Å². The van der Waals surface area contributed by atoms with Crippen LogP contribution >= 0.6 is 23.2 Å². The zero-order chi connectivity index (χ0) is 24.1. The largest absolute Gasteiger partial charge is 0.497 e. The Labute approximate surface area is 210 Å². The van der Waals surface area contributed by atoms with Gasteiger partial charge in [0.15, 0.2) is 0 Å². The van der Waals surface area contributed by atoms with E-state index in [1.54, 1.807) is 25.3 Å². The summed E-state index contributed by atoms with van der Waals surface area (Å²) in [5, 5.41) is 3.71. The van der Waals surface area contributed by atoms with Crippen LogP contribution in [0.15, 0.2) is 42.5 Å². The van der Waals surface area contributed by atoms with Crippen molar-refractivity contribution >= 4 is 46.4 Å². The minimum atomic E-state index is -0.100. The second-order valence-electron chi connectivity index (χ2n) is 8.74. The summed E-state index contributed by atoms with van der Waals surface area (Å²) in [5.41, 5.74) is 1.75. The zero-order valence-electron chi connectivity index (χ0n) is 19.3. The average molecular weight is 505 g/mol. The lowest BCUT2D eigenvalue weighted by molar-refractivity contribution is -0.137. The number of nitrogens with one attached hydrogen (secondary N) is 1. The van der Waals surface area contributed by atoms with E-state index in [4.69, 9.17) is 27.9 Å². The molecule has 0 aromatic heterocycles. The first kappa shape index (κ1) is 24.6. The Morgan fingerprint density at radius 1 is 0.971 bits per heavy atom. The first-order valence-electron chi connectivity index (χ1n) is 11.6. The Kier molecular flexibility index (Phi) is 8.19. The number of amides is 2. The van der Waals surface area contributed by atoms with Gasteiger partial charge in [-0.05, 0) is 56.3 Å². The number of carbonyl (C=O) groups is 2. The van der Waals surface area contributed by atoms with Gasteiger partial charge in [-0.3, -0.25) is 14.5 Å². The molecule has 2 aliphatic heterocycles. The van der Waals surface area contributed by atoms with Crippen LogP contribution in [0.25, 0.3) is 0 Å². The monoisotopic (exact) mass is 504 g/mol. The van der Waals surface area contributed by atoms with E-state index in [1.165, 1.54) is 0 Å². The van der Waals surface area contributed by atoms with Crippen LogP contribution < -0.4 is 15.0 Å². The molecular weight excluding hydrogens is 475 g/mol. The third-order valence-corrected chi connectivity index (χ3v) is 7.26. The third-order valence-electron chi connectivity index (χ3n) is 6.52. The minimum absolute atomic E-state index is 0.0257. The summed E-state index contributed by atoms with van der Waals surface area (Å²) >= 11 is 11.9. The molecule has 0 unspecified atom stereocenters. The molecule has 0 aliphatic carbocycles. The number of nitrogens with zero attached hydrogens (tertiary/aromatic N) is 3.